The molecule has 18 heavy (non-hydrogen) atoms. The summed E-state index contributed by atoms with van der Waals surface area (Å²) in [6, 6.07) is 7.69. The van der Waals surface area contributed by atoms with Crippen LogP contribution in [0.1, 0.15) is 20.1 Å². The van der Waals surface area contributed by atoms with Gasteiger partial charge in [0.15, 0.2) is 0 Å². The largest absolute Gasteiger partial charge is 0.398 e. The zero-order valence-electron chi connectivity index (χ0n) is 9.87. The lowest BCUT2D eigenvalue weighted by molar-refractivity contribution is 0.0955. The van der Waals surface area contributed by atoms with Crippen LogP contribution in [-0.4, -0.2) is 5.91 Å². The SMILES string of the molecule is Cc1sc(C(=O)NCc2ccc(F)cc2)cc1N. The molecule has 0 fully saturated rings. The van der Waals surface area contributed by atoms with E-state index < -0.39 is 0 Å². The van der Waals surface area contributed by atoms with E-state index in [0.29, 0.717) is 17.1 Å². The van der Waals surface area contributed by atoms with E-state index in [1.165, 1.54) is 23.5 Å². The van der Waals surface area contributed by atoms with Gasteiger partial charge in [0.2, 0.25) is 0 Å². The zero-order valence-corrected chi connectivity index (χ0v) is 10.7. The summed E-state index contributed by atoms with van der Waals surface area (Å²) < 4.78 is 12.7. The minimum absolute atomic E-state index is 0.163. The van der Waals surface area contributed by atoms with Crippen LogP contribution in [0.4, 0.5) is 10.1 Å². The van der Waals surface area contributed by atoms with E-state index in [0.717, 1.165) is 10.4 Å². The van der Waals surface area contributed by atoms with Gasteiger partial charge in [-0.05, 0) is 30.7 Å². The van der Waals surface area contributed by atoms with Crippen LogP contribution in [0.15, 0.2) is 30.3 Å². The molecule has 5 heteroatoms. The summed E-state index contributed by atoms with van der Waals surface area (Å²) in [5, 5.41) is 2.77. The Bertz CT molecular complexity index is 543. The maximum Gasteiger partial charge on any atom is 0.261 e. The lowest BCUT2D eigenvalue weighted by atomic mass is 10.2. The second-order valence-electron chi connectivity index (χ2n) is 3.93. The van der Waals surface area contributed by atoms with Gasteiger partial charge in [0.05, 0.1) is 4.88 Å². The number of rotatable bonds is 3. The Labute approximate surface area is 108 Å². The maximum atomic E-state index is 12.7. The Balaban J connectivity index is 1.98. The van der Waals surface area contributed by atoms with E-state index in [1.54, 1.807) is 18.2 Å². The molecule has 0 bridgehead atoms. The van der Waals surface area contributed by atoms with Crippen LogP contribution in [0.2, 0.25) is 0 Å². The number of thiophene rings is 1. The number of carbonyl (C=O) groups is 1. The molecule has 0 aliphatic rings. The first kappa shape index (κ1) is 12.6. The fourth-order valence-electron chi connectivity index (χ4n) is 1.48. The predicted molar refractivity (Wildman–Crippen MR) is 71.0 cm³/mol. The van der Waals surface area contributed by atoms with Gasteiger partial charge in [-0.1, -0.05) is 12.1 Å². The van der Waals surface area contributed by atoms with Crippen molar-refractivity contribution in [3.8, 4) is 0 Å². The van der Waals surface area contributed by atoms with Crippen molar-refractivity contribution >= 4 is 22.9 Å². The number of nitrogen functional groups attached to an aromatic ring is 1. The van der Waals surface area contributed by atoms with Gasteiger partial charge in [-0.2, -0.15) is 0 Å². The molecule has 2 aromatic rings. The molecule has 0 unspecified atom stereocenters. The third kappa shape index (κ3) is 2.87. The third-order valence-electron chi connectivity index (χ3n) is 2.55. The number of hydrogen-bond donors (Lipinski definition) is 2. The van der Waals surface area contributed by atoms with Crippen LogP contribution in [0.3, 0.4) is 0 Å². The number of anilines is 1. The van der Waals surface area contributed by atoms with Gasteiger partial charge in [-0.25, -0.2) is 4.39 Å². The smallest absolute Gasteiger partial charge is 0.261 e. The Hall–Kier alpha value is -1.88. The molecule has 0 atom stereocenters. The molecular weight excluding hydrogens is 251 g/mol. The molecule has 1 aromatic carbocycles. The van der Waals surface area contributed by atoms with Crippen molar-refractivity contribution in [3.05, 3.63) is 51.5 Å². The molecule has 0 radical (unpaired) electrons. The van der Waals surface area contributed by atoms with Crippen LogP contribution in [0.25, 0.3) is 0 Å². The van der Waals surface area contributed by atoms with Crippen LogP contribution in [0.5, 0.6) is 0 Å². The van der Waals surface area contributed by atoms with Crippen molar-refractivity contribution in [1.82, 2.24) is 5.32 Å². The van der Waals surface area contributed by atoms with E-state index in [4.69, 9.17) is 5.73 Å². The molecular formula is C13H13FN2OS. The second-order valence-corrected chi connectivity index (χ2v) is 5.19. The quantitative estimate of drug-likeness (QED) is 0.895. The number of aryl methyl sites for hydroxylation is 1. The van der Waals surface area contributed by atoms with Crippen LogP contribution < -0.4 is 11.1 Å². The molecule has 1 amide bonds. The van der Waals surface area contributed by atoms with Crippen LogP contribution in [-0.2, 0) is 6.54 Å². The summed E-state index contributed by atoms with van der Waals surface area (Å²) in [5.41, 5.74) is 7.18. The van der Waals surface area contributed by atoms with Gasteiger partial charge in [-0.15, -0.1) is 11.3 Å². The van der Waals surface area contributed by atoms with E-state index >= 15 is 0 Å². The van der Waals surface area contributed by atoms with Crippen LogP contribution >= 0.6 is 11.3 Å². The topological polar surface area (TPSA) is 55.1 Å². The first-order valence-electron chi connectivity index (χ1n) is 5.45. The average molecular weight is 264 g/mol. The molecule has 3 nitrogen and oxygen atoms in total. The minimum Gasteiger partial charge on any atom is -0.398 e. The molecule has 2 rings (SSSR count). The van der Waals surface area contributed by atoms with Gasteiger partial charge >= 0.3 is 0 Å². The zero-order chi connectivity index (χ0) is 13.1. The summed E-state index contributed by atoms with van der Waals surface area (Å²) in [5.74, 6) is -0.448. The molecule has 1 aromatic heterocycles. The highest BCUT2D eigenvalue weighted by atomic mass is 32.1. The van der Waals surface area contributed by atoms with E-state index in [-0.39, 0.29) is 11.7 Å². The number of halogens is 1. The van der Waals surface area contributed by atoms with Crippen molar-refractivity contribution in [2.24, 2.45) is 0 Å². The fourth-order valence-corrected chi connectivity index (χ4v) is 2.34. The second kappa shape index (κ2) is 5.18. The summed E-state index contributed by atoms with van der Waals surface area (Å²) >= 11 is 1.36. The molecule has 0 saturated carbocycles. The number of nitrogens with two attached hydrogens (primary N) is 1. The molecule has 0 saturated heterocycles. The van der Waals surface area contributed by atoms with Crippen molar-refractivity contribution < 1.29 is 9.18 Å². The summed E-state index contributed by atoms with van der Waals surface area (Å²) in [7, 11) is 0. The van der Waals surface area contributed by atoms with Crippen molar-refractivity contribution in [1.29, 1.82) is 0 Å². The van der Waals surface area contributed by atoms with E-state index in [2.05, 4.69) is 5.32 Å². The Morgan fingerprint density at radius 2 is 2.06 bits per heavy atom. The summed E-state index contributed by atoms with van der Waals surface area (Å²) in [6.45, 7) is 2.24. The van der Waals surface area contributed by atoms with Gasteiger partial charge in [0, 0.05) is 17.1 Å². The molecule has 0 aliphatic carbocycles. The number of nitrogens with one attached hydrogen (secondary N) is 1. The van der Waals surface area contributed by atoms with Crippen molar-refractivity contribution in [2.45, 2.75) is 13.5 Å². The monoisotopic (exact) mass is 264 g/mol. The number of hydrogen-bond acceptors (Lipinski definition) is 3. The standard InChI is InChI=1S/C13H13FN2OS/c1-8-11(15)6-12(18-8)13(17)16-7-9-2-4-10(14)5-3-9/h2-6H,7,15H2,1H3,(H,16,17). The maximum absolute atomic E-state index is 12.7. The molecule has 3 N–H and O–H groups in total. The number of carbonyl (C=O) groups excluding carboxylic acids is 1. The molecule has 0 spiro atoms. The number of benzene rings is 1. The predicted octanol–water partition coefficient (Wildman–Crippen LogP) is 2.71. The first-order valence-corrected chi connectivity index (χ1v) is 6.26. The lowest BCUT2D eigenvalue weighted by Gasteiger charge is -2.03. The van der Waals surface area contributed by atoms with Gasteiger partial charge in [0.1, 0.15) is 5.82 Å². The van der Waals surface area contributed by atoms with Gasteiger partial charge in [0.25, 0.3) is 5.91 Å². The highest BCUT2D eigenvalue weighted by molar-refractivity contribution is 7.14. The normalized spacial score (nSPS) is 10.3. The molecule has 0 aliphatic heterocycles. The van der Waals surface area contributed by atoms with Crippen molar-refractivity contribution in [2.75, 3.05) is 5.73 Å². The fraction of sp³-hybridized carbons (Fsp3) is 0.154. The summed E-state index contributed by atoms with van der Waals surface area (Å²) in [6.07, 6.45) is 0. The van der Waals surface area contributed by atoms with E-state index in [1.807, 2.05) is 6.92 Å². The Morgan fingerprint density at radius 1 is 1.39 bits per heavy atom. The first-order chi connectivity index (χ1) is 8.56. The Kier molecular flexibility index (Phi) is 3.62. The average Bonchev–Trinajstić information content (AvgIpc) is 2.69. The van der Waals surface area contributed by atoms with Crippen LogP contribution in [0, 0.1) is 12.7 Å². The van der Waals surface area contributed by atoms with Crippen molar-refractivity contribution in [3.63, 3.8) is 0 Å². The molecule has 94 valence electrons. The summed E-state index contributed by atoms with van der Waals surface area (Å²) in [4.78, 5) is 13.3. The third-order valence-corrected chi connectivity index (χ3v) is 3.61. The molecule has 1 heterocycles. The number of amides is 1. The van der Waals surface area contributed by atoms with E-state index in [9.17, 15) is 9.18 Å². The Morgan fingerprint density at radius 3 is 2.61 bits per heavy atom. The minimum atomic E-state index is -0.285. The van der Waals surface area contributed by atoms with Gasteiger partial charge in [-0.3, -0.25) is 4.79 Å². The highest BCUT2D eigenvalue weighted by Crippen LogP contribution is 2.23. The highest BCUT2D eigenvalue weighted by Gasteiger charge is 2.10. The van der Waals surface area contributed by atoms with Gasteiger partial charge < -0.3 is 11.1 Å². The lowest BCUT2D eigenvalue weighted by Crippen LogP contribution is -2.21.